The van der Waals surface area contributed by atoms with Crippen molar-refractivity contribution in [2.24, 2.45) is 5.92 Å². The molecule has 1 aromatic heterocycles. The highest BCUT2D eigenvalue weighted by molar-refractivity contribution is 7.89. The summed E-state index contributed by atoms with van der Waals surface area (Å²) in [6.07, 6.45) is -1.15. The molecule has 0 aliphatic carbocycles. The Hall–Kier alpha value is -2.08. The van der Waals surface area contributed by atoms with Gasteiger partial charge < -0.3 is 14.2 Å². The highest BCUT2D eigenvalue weighted by atomic mass is 35.5. The number of sulfonamides is 1. The van der Waals surface area contributed by atoms with Gasteiger partial charge in [-0.05, 0) is 36.5 Å². The Morgan fingerprint density at radius 3 is 2.56 bits per heavy atom. The third-order valence-corrected chi connectivity index (χ3v) is 6.88. The van der Waals surface area contributed by atoms with Crippen molar-refractivity contribution in [1.29, 1.82) is 0 Å². The van der Waals surface area contributed by atoms with Crippen LogP contribution in [-0.2, 0) is 27.4 Å². The van der Waals surface area contributed by atoms with Gasteiger partial charge >= 0.3 is 6.18 Å². The first-order valence-electron chi connectivity index (χ1n) is 11.6. The van der Waals surface area contributed by atoms with Crippen molar-refractivity contribution in [3.8, 4) is 17.4 Å². The van der Waals surface area contributed by atoms with Crippen LogP contribution in [0.3, 0.4) is 0 Å². The second-order valence-corrected chi connectivity index (χ2v) is 10.7. The van der Waals surface area contributed by atoms with Crippen LogP contribution in [-0.4, -0.2) is 46.0 Å². The summed E-state index contributed by atoms with van der Waals surface area (Å²) in [7, 11) is -1.83. The van der Waals surface area contributed by atoms with Crippen LogP contribution in [0.15, 0.2) is 30.5 Å². The van der Waals surface area contributed by atoms with E-state index >= 15 is 0 Å². The summed E-state index contributed by atoms with van der Waals surface area (Å²) in [5.41, 5.74) is -0.305. The lowest BCUT2D eigenvalue weighted by Crippen LogP contribution is -2.31. The van der Waals surface area contributed by atoms with Crippen LogP contribution in [0.25, 0.3) is 0 Å². The van der Waals surface area contributed by atoms with Gasteiger partial charge in [0.1, 0.15) is 23.1 Å². The number of halogens is 4. The molecule has 0 amide bonds. The van der Waals surface area contributed by atoms with Crippen LogP contribution < -0.4 is 14.2 Å². The molecule has 7 nitrogen and oxygen atoms in total. The zero-order valence-corrected chi connectivity index (χ0v) is 22.1. The van der Waals surface area contributed by atoms with Crippen molar-refractivity contribution in [3.05, 3.63) is 46.6 Å². The Kier molecular flexibility index (Phi) is 11.7. The van der Waals surface area contributed by atoms with E-state index in [0.29, 0.717) is 37.0 Å². The molecule has 0 radical (unpaired) electrons. The van der Waals surface area contributed by atoms with Crippen LogP contribution >= 0.6 is 11.6 Å². The molecule has 1 atom stereocenters. The number of hydrogen-bond acceptors (Lipinski definition) is 6. The number of nitrogens with zero attached hydrogens (tertiary/aromatic N) is 1. The highest BCUT2D eigenvalue weighted by Gasteiger charge is 2.32. The summed E-state index contributed by atoms with van der Waals surface area (Å²) in [5.74, 6) is 0.525. The zero-order chi connectivity index (χ0) is 26.8. The second-order valence-electron chi connectivity index (χ2n) is 8.41. The highest BCUT2D eigenvalue weighted by Crippen LogP contribution is 2.37. The molecule has 0 saturated heterocycles. The topological polar surface area (TPSA) is 86.8 Å². The van der Waals surface area contributed by atoms with Crippen LogP contribution in [0.5, 0.6) is 17.4 Å². The fourth-order valence-corrected chi connectivity index (χ4v) is 4.69. The Labute approximate surface area is 215 Å². The lowest BCUT2D eigenvalue weighted by Gasteiger charge is -2.18. The molecular formula is C24H32ClF3N2O5S. The number of alkyl halides is 3. The van der Waals surface area contributed by atoms with E-state index in [2.05, 4.69) is 9.71 Å². The quantitative estimate of drug-likeness (QED) is 0.279. The van der Waals surface area contributed by atoms with Gasteiger partial charge in [0.15, 0.2) is 0 Å². The van der Waals surface area contributed by atoms with Gasteiger partial charge in [0.05, 0.1) is 17.9 Å². The number of methoxy groups -OCH3 is 1. The van der Waals surface area contributed by atoms with E-state index in [1.54, 1.807) is 25.3 Å². The van der Waals surface area contributed by atoms with E-state index in [9.17, 15) is 21.6 Å². The summed E-state index contributed by atoms with van der Waals surface area (Å²) in [4.78, 5) is 3.74. The first kappa shape index (κ1) is 30.1. The van der Waals surface area contributed by atoms with Crippen molar-refractivity contribution in [2.75, 3.05) is 32.6 Å². The van der Waals surface area contributed by atoms with E-state index in [4.69, 9.17) is 25.8 Å². The maximum absolute atomic E-state index is 13.0. The number of pyridine rings is 1. The minimum atomic E-state index is -4.59. The number of hydrogen-bond donors (Lipinski definition) is 1. The molecule has 2 aromatic rings. The Balaban J connectivity index is 2.20. The first-order valence-corrected chi connectivity index (χ1v) is 13.6. The molecule has 0 fully saturated rings. The zero-order valence-electron chi connectivity index (χ0n) is 20.5. The summed E-state index contributed by atoms with van der Waals surface area (Å²) < 4.78 is 82.3. The minimum Gasteiger partial charge on any atom is -0.491 e. The van der Waals surface area contributed by atoms with E-state index in [1.807, 2.05) is 13.8 Å². The van der Waals surface area contributed by atoms with Crippen LogP contribution in [0, 0.1) is 5.92 Å². The van der Waals surface area contributed by atoms with Gasteiger partial charge in [-0.1, -0.05) is 44.4 Å². The number of aromatic nitrogens is 1. The van der Waals surface area contributed by atoms with Crippen molar-refractivity contribution in [1.82, 2.24) is 9.71 Å². The fraction of sp³-hybridized carbons (Fsp3) is 0.542. The van der Waals surface area contributed by atoms with Gasteiger partial charge in [-0.25, -0.2) is 18.1 Å². The predicted molar refractivity (Wildman–Crippen MR) is 132 cm³/mol. The third-order valence-electron chi connectivity index (χ3n) is 5.17. The maximum atomic E-state index is 13.0. The molecule has 2 rings (SSSR count). The minimum absolute atomic E-state index is 0.0769. The van der Waals surface area contributed by atoms with Crippen molar-refractivity contribution in [3.63, 3.8) is 0 Å². The number of rotatable bonds is 15. The SMILES string of the molecule is CCCCCS(=O)(=O)NCC(C)Cc1ccc(OCCOC)cc1Oc1ncc(C(F)(F)F)cc1Cl. The number of ether oxygens (including phenoxy) is 3. The van der Waals surface area contributed by atoms with Crippen LogP contribution in [0.2, 0.25) is 5.02 Å². The molecule has 0 aliphatic rings. The number of nitrogens with one attached hydrogen (secondary N) is 1. The van der Waals surface area contributed by atoms with Gasteiger partial charge in [-0.3, -0.25) is 0 Å². The van der Waals surface area contributed by atoms with Crippen molar-refractivity contribution in [2.45, 2.75) is 45.7 Å². The molecule has 1 heterocycles. The standard InChI is InChI=1S/C24H32ClF3N2O5S/c1-4-5-6-11-36(31,32)30-15-17(2)12-18-7-8-20(34-10-9-33-3)14-22(18)35-23-21(25)13-19(16-29-23)24(26,27)28/h7-8,13-14,16-17,30H,4-6,9-12,15H2,1-3H3. The normalized spacial score (nSPS) is 13.0. The van der Waals surface area contributed by atoms with Crippen LogP contribution in [0.4, 0.5) is 13.2 Å². The van der Waals surface area contributed by atoms with E-state index in [-0.39, 0.29) is 41.5 Å². The van der Waals surface area contributed by atoms with Crippen molar-refractivity contribution < 1.29 is 35.8 Å². The Bertz CT molecular complexity index is 1080. The number of benzene rings is 1. The van der Waals surface area contributed by atoms with E-state index in [0.717, 1.165) is 18.9 Å². The molecule has 36 heavy (non-hydrogen) atoms. The molecule has 1 unspecified atom stereocenters. The van der Waals surface area contributed by atoms with Crippen molar-refractivity contribution >= 4 is 21.6 Å². The largest absolute Gasteiger partial charge is 0.491 e. The van der Waals surface area contributed by atoms with Gasteiger partial charge in [0, 0.05) is 25.9 Å². The molecule has 0 bridgehead atoms. The summed E-state index contributed by atoms with van der Waals surface area (Å²) in [5, 5.41) is -0.297. The number of unbranched alkanes of at least 4 members (excludes halogenated alkanes) is 2. The van der Waals surface area contributed by atoms with Gasteiger partial charge in [-0.15, -0.1) is 0 Å². The summed E-state index contributed by atoms with van der Waals surface area (Å²) in [6.45, 7) is 4.75. The fourth-order valence-electron chi connectivity index (χ4n) is 3.22. The maximum Gasteiger partial charge on any atom is 0.417 e. The van der Waals surface area contributed by atoms with Gasteiger partial charge in [0.2, 0.25) is 15.9 Å². The average molecular weight is 553 g/mol. The first-order chi connectivity index (χ1) is 16.9. The van der Waals surface area contributed by atoms with E-state index in [1.165, 1.54) is 0 Å². The van der Waals surface area contributed by atoms with E-state index < -0.39 is 21.8 Å². The molecule has 1 N–H and O–H groups in total. The smallest absolute Gasteiger partial charge is 0.417 e. The predicted octanol–water partition coefficient (Wildman–Crippen LogP) is 5.86. The summed E-state index contributed by atoms with van der Waals surface area (Å²) in [6, 6.07) is 5.81. The molecule has 0 saturated carbocycles. The molecule has 0 aliphatic heterocycles. The summed E-state index contributed by atoms with van der Waals surface area (Å²) >= 11 is 6.03. The molecule has 0 spiro atoms. The van der Waals surface area contributed by atoms with Gasteiger partial charge in [0.25, 0.3) is 0 Å². The van der Waals surface area contributed by atoms with Gasteiger partial charge in [-0.2, -0.15) is 13.2 Å². The molecular weight excluding hydrogens is 521 g/mol. The lowest BCUT2D eigenvalue weighted by molar-refractivity contribution is -0.137. The Morgan fingerprint density at radius 2 is 1.92 bits per heavy atom. The average Bonchev–Trinajstić information content (AvgIpc) is 2.80. The monoisotopic (exact) mass is 552 g/mol. The lowest BCUT2D eigenvalue weighted by atomic mass is 10.0. The third kappa shape index (κ3) is 10.1. The Morgan fingerprint density at radius 1 is 1.17 bits per heavy atom. The second kappa shape index (κ2) is 14.0. The molecule has 1 aromatic carbocycles. The molecule has 202 valence electrons. The molecule has 12 heteroatoms. The van der Waals surface area contributed by atoms with Crippen LogP contribution in [0.1, 0.15) is 44.2 Å².